The van der Waals surface area contributed by atoms with Gasteiger partial charge in [-0.2, -0.15) is 0 Å². The van der Waals surface area contributed by atoms with Crippen molar-refractivity contribution in [1.82, 2.24) is 15.4 Å². The molecule has 1 atom stereocenters. The summed E-state index contributed by atoms with van der Waals surface area (Å²) in [5.41, 5.74) is 1.29. The Bertz CT molecular complexity index is 678. The predicted octanol–water partition coefficient (Wildman–Crippen LogP) is 2.16. The van der Waals surface area contributed by atoms with Crippen molar-refractivity contribution in [3.63, 3.8) is 0 Å². The molecular formula is C19H25N3O3. The Kier molecular flexibility index (Phi) is 5.83. The van der Waals surface area contributed by atoms with Gasteiger partial charge in [-0.25, -0.2) is 0 Å². The molecule has 6 heteroatoms. The summed E-state index contributed by atoms with van der Waals surface area (Å²) in [5.74, 6) is 0.913. The summed E-state index contributed by atoms with van der Waals surface area (Å²) in [7, 11) is 0. The third-order valence-electron chi connectivity index (χ3n) is 4.73. The van der Waals surface area contributed by atoms with Crippen LogP contribution in [-0.2, 0) is 0 Å². The first-order chi connectivity index (χ1) is 12.1. The summed E-state index contributed by atoms with van der Waals surface area (Å²) in [6.07, 6.45) is 1.58. The number of aliphatic hydroxyl groups is 1. The molecule has 0 aliphatic carbocycles. The van der Waals surface area contributed by atoms with Crippen molar-refractivity contribution >= 4 is 5.91 Å². The summed E-state index contributed by atoms with van der Waals surface area (Å²) in [6, 6.07) is 11.4. The van der Waals surface area contributed by atoms with Crippen molar-refractivity contribution in [2.24, 2.45) is 5.92 Å². The lowest BCUT2D eigenvalue weighted by Crippen LogP contribution is -2.40. The summed E-state index contributed by atoms with van der Waals surface area (Å²) in [5, 5.41) is 17.0. The Balaban J connectivity index is 1.39. The van der Waals surface area contributed by atoms with E-state index >= 15 is 0 Å². The molecule has 1 amide bonds. The molecule has 134 valence electrons. The fourth-order valence-electron chi connectivity index (χ4n) is 3.20. The summed E-state index contributed by atoms with van der Waals surface area (Å²) >= 11 is 0. The maximum absolute atomic E-state index is 12.0. The normalized spacial score (nSPS) is 17.4. The molecule has 1 aliphatic heterocycles. The van der Waals surface area contributed by atoms with E-state index in [1.807, 2.05) is 30.3 Å². The Morgan fingerprint density at radius 1 is 1.36 bits per heavy atom. The third-order valence-corrected chi connectivity index (χ3v) is 4.73. The zero-order chi connectivity index (χ0) is 17.6. The highest BCUT2D eigenvalue weighted by Gasteiger charge is 2.22. The maximum atomic E-state index is 12.0. The van der Waals surface area contributed by atoms with E-state index in [0.29, 0.717) is 30.5 Å². The number of carbonyl (C=O) groups is 1. The summed E-state index contributed by atoms with van der Waals surface area (Å²) in [4.78, 5) is 14.3. The van der Waals surface area contributed by atoms with Crippen LogP contribution in [-0.4, -0.2) is 47.2 Å². The van der Waals surface area contributed by atoms with Crippen molar-refractivity contribution < 1.29 is 14.4 Å². The quantitative estimate of drug-likeness (QED) is 0.840. The lowest BCUT2D eigenvalue weighted by molar-refractivity contribution is 0.0848. The van der Waals surface area contributed by atoms with Gasteiger partial charge in [0.25, 0.3) is 5.91 Å². The molecule has 1 aromatic carbocycles. The van der Waals surface area contributed by atoms with Crippen molar-refractivity contribution in [1.29, 1.82) is 0 Å². The Morgan fingerprint density at radius 3 is 2.72 bits per heavy atom. The molecule has 0 radical (unpaired) electrons. The van der Waals surface area contributed by atoms with E-state index in [2.05, 4.69) is 15.4 Å². The molecule has 2 heterocycles. The second-order valence-corrected chi connectivity index (χ2v) is 6.70. The number of nitrogens with zero attached hydrogens (tertiary/aromatic N) is 2. The largest absolute Gasteiger partial charge is 0.387 e. The number of benzene rings is 1. The molecule has 1 fully saturated rings. The number of rotatable bonds is 6. The van der Waals surface area contributed by atoms with E-state index < -0.39 is 6.10 Å². The van der Waals surface area contributed by atoms with Crippen LogP contribution in [0.1, 0.15) is 40.8 Å². The molecule has 2 aromatic rings. The topological polar surface area (TPSA) is 78.6 Å². The molecule has 1 saturated heterocycles. The highest BCUT2D eigenvalue weighted by atomic mass is 16.5. The van der Waals surface area contributed by atoms with Crippen LogP contribution >= 0.6 is 0 Å². The van der Waals surface area contributed by atoms with Gasteiger partial charge >= 0.3 is 0 Å². The standard InChI is InChI=1S/C19H25N3O3/c1-14-11-17(21-25-14)19(24)20-12-15-7-9-22(10-8-15)13-18(23)16-5-3-2-4-6-16/h2-6,11,15,18,23H,7-10,12-13H2,1H3,(H,20,24)/t18-/m1/s1. The number of aromatic nitrogens is 1. The molecule has 0 unspecified atom stereocenters. The fraction of sp³-hybridized carbons (Fsp3) is 0.474. The summed E-state index contributed by atoms with van der Waals surface area (Å²) in [6.45, 7) is 4.95. The van der Waals surface area contributed by atoms with Gasteiger partial charge in [0.1, 0.15) is 5.76 Å². The van der Waals surface area contributed by atoms with Crippen molar-refractivity contribution in [2.45, 2.75) is 25.9 Å². The van der Waals surface area contributed by atoms with E-state index in [1.165, 1.54) is 0 Å². The van der Waals surface area contributed by atoms with E-state index in [4.69, 9.17) is 4.52 Å². The van der Waals surface area contributed by atoms with Crippen LogP contribution in [0, 0.1) is 12.8 Å². The van der Waals surface area contributed by atoms with Gasteiger partial charge < -0.3 is 19.8 Å². The number of piperidine rings is 1. The van der Waals surface area contributed by atoms with Gasteiger partial charge in [0.05, 0.1) is 6.10 Å². The molecule has 6 nitrogen and oxygen atoms in total. The molecule has 0 bridgehead atoms. The minimum absolute atomic E-state index is 0.182. The van der Waals surface area contributed by atoms with Crippen LogP contribution in [0.5, 0.6) is 0 Å². The van der Waals surface area contributed by atoms with Gasteiger partial charge in [-0.05, 0) is 44.3 Å². The molecule has 25 heavy (non-hydrogen) atoms. The lowest BCUT2D eigenvalue weighted by atomic mass is 9.96. The van der Waals surface area contributed by atoms with Gasteiger partial charge in [-0.1, -0.05) is 35.5 Å². The first kappa shape index (κ1) is 17.6. The van der Waals surface area contributed by atoms with Crippen molar-refractivity contribution in [3.8, 4) is 0 Å². The second kappa shape index (κ2) is 8.27. The molecule has 1 aromatic heterocycles. The Morgan fingerprint density at radius 2 is 2.08 bits per heavy atom. The number of carbonyl (C=O) groups excluding carboxylic acids is 1. The van der Waals surface area contributed by atoms with Crippen LogP contribution in [0.15, 0.2) is 40.9 Å². The zero-order valence-corrected chi connectivity index (χ0v) is 14.5. The second-order valence-electron chi connectivity index (χ2n) is 6.70. The molecule has 2 N–H and O–H groups in total. The fourth-order valence-corrected chi connectivity index (χ4v) is 3.20. The SMILES string of the molecule is Cc1cc(C(=O)NCC2CCN(C[C@@H](O)c3ccccc3)CC2)no1. The smallest absolute Gasteiger partial charge is 0.273 e. The van der Waals surface area contributed by atoms with Gasteiger partial charge in [-0.15, -0.1) is 0 Å². The van der Waals surface area contributed by atoms with Crippen molar-refractivity contribution in [3.05, 3.63) is 53.4 Å². The Labute approximate surface area is 147 Å². The van der Waals surface area contributed by atoms with Gasteiger partial charge in [-0.3, -0.25) is 4.79 Å². The average Bonchev–Trinajstić information content (AvgIpc) is 3.08. The number of β-amino-alcohol motifs (C(OH)–C–C–N with tert-alkyl or cyclic N) is 1. The van der Waals surface area contributed by atoms with E-state index in [9.17, 15) is 9.90 Å². The number of amides is 1. The molecular weight excluding hydrogens is 318 g/mol. The maximum Gasteiger partial charge on any atom is 0.273 e. The van der Waals surface area contributed by atoms with Crippen LogP contribution in [0.3, 0.4) is 0 Å². The Hall–Kier alpha value is -2.18. The van der Waals surface area contributed by atoms with E-state index in [1.54, 1.807) is 13.0 Å². The van der Waals surface area contributed by atoms with Crippen molar-refractivity contribution in [2.75, 3.05) is 26.2 Å². The third kappa shape index (κ3) is 4.90. The van der Waals surface area contributed by atoms with Gasteiger partial charge in [0, 0.05) is 19.2 Å². The first-order valence-electron chi connectivity index (χ1n) is 8.78. The number of likely N-dealkylation sites (tertiary alicyclic amines) is 1. The van der Waals surface area contributed by atoms with Crippen LogP contribution in [0.4, 0.5) is 0 Å². The predicted molar refractivity (Wildman–Crippen MR) is 94.1 cm³/mol. The molecule has 0 saturated carbocycles. The average molecular weight is 343 g/mol. The highest BCUT2D eigenvalue weighted by Crippen LogP contribution is 2.20. The van der Waals surface area contributed by atoms with Crippen LogP contribution < -0.4 is 5.32 Å². The zero-order valence-electron chi connectivity index (χ0n) is 14.5. The molecule has 0 spiro atoms. The highest BCUT2D eigenvalue weighted by molar-refractivity contribution is 5.92. The number of aryl methyl sites for hydroxylation is 1. The number of hydrogen-bond acceptors (Lipinski definition) is 5. The lowest BCUT2D eigenvalue weighted by Gasteiger charge is -2.33. The number of nitrogens with one attached hydrogen (secondary N) is 1. The molecule has 3 rings (SSSR count). The van der Waals surface area contributed by atoms with E-state index in [-0.39, 0.29) is 5.91 Å². The van der Waals surface area contributed by atoms with Gasteiger partial charge in [0.2, 0.25) is 0 Å². The van der Waals surface area contributed by atoms with Crippen LogP contribution in [0.25, 0.3) is 0 Å². The van der Waals surface area contributed by atoms with Crippen LogP contribution in [0.2, 0.25) is 0 Å². The minimum atomic E-state index is -0.451. The number of hydrogen-bond donors (Lipinski definition) is 2. The molecule has 1 aliphatic rings. The van der Waals surface area contributed by atoms with E-state index in [0.717, 1.165) is 31.5 Å². The number of aliphatic hydroxyl groups excluding tert-OH is 1. The van der Waals surface area contributed by atoms with Gasteiger partial charge in [0.15, 0.2) is 5.69 Å². The first-order valence-corrected chi connectivity index (χ1v) is 8.78. The monoisotopic (exact) mass is 343 g/mol. The minimum Gasteiger partial charge on any atom is -0.387 e. The summed E-state index contributed by atoms with van der Waals surface area (Å²) < 4.78 is 4.92.